The molecule has 5 nitrogen and oxygen atoms in total. The Kier molecular flexibility index (Phi) is 5.01. The lowest BCUT2D eigenvalue weighted by molar-refractivity contribution is -0.137. The topological polar surface area (TPSA) is 62.7 Å². The highest BCUT2D eigenvalue weighted by Crippen LogP contribution is 2.29. The summed E-state index contributed by atoms with van der Waals surface area (Å²) in [7, 11) is 0. The van der Waals surface area contributed by atoms with E-state index in [-0.39, 0.29) is 0 Å². The van der Waals surface area contributed by atoms with E-state index in [4.69, 9.17) is 0 Å². The number of aromatic nitrogens is 3. The number of anilines is 3. The Morgan fingerprint density at radius 2 is 1.50 bits per heavy atom. The average molecular weight is 359 g/mol. The van der Waals surface area contributed by atoms with E-state index < -0.39 is 11.7 Å². The lowest BCUT2D eigenvalue weighted by atomic mass is 10.1. The molecule has 0 aliphatic rings. The van der Waals surface area contributed by atoms with Crippen molar-refractivity contribution in [3.63, 3.8) is 0 Å². The summed E-state index contributed by atoms with van der Waals surface area (Å²) < 4.78 is 37.8. The number of halogens is 3. The van der Waals surface area contributed by atoms with Gasteiger partial charge in [0, 0.05) is 12.2 Å². The Bertz CT molecular complexity index is 864. The van der Waals surface area contributed by atoms with Crippen LogP contribution < -0.4 is 10.6 Å². The highest BCUT2D eigenvalue weighted by molar-refractivity contribution is 5.53. The molecule has 0 unspecified atom stereocenters. The maximum atomic E-state index is 12.6. The molecule has 26 heavy (non-hydrogen) atoms. The number of nitrogens with one attached hydrogen (secondary N) is 2. The minimum atomic E-state index is -4.34. The Labute approximate surface area is 148 Å². The summed E-state index contributed by atoms with van der Waals surface area (Å²) in [6.07, 6.45) is -4.34. The van der Waals surface area contributed by atoms with E-state index in [1.807, 2.05) is 30.3 Å². The number of alkyl halides is 3. The van der Waals surface area contributed by atoms with Crippen molar-refractivity contribution in [1.82, 2.24) is 15.0 Å². The zero-order chi connectivity index (χ0) is 18.6. The maximum Gasteiger partial charge on any atom is 0.416 e. The molecule has 8 heteroatoms. The van der Waals surface area contributed by atoms with Crippen LogP contribution in [0.5, 0.6) is 0 Å². The second kappa shape index (κ2) is 7.38. The molecule has 2 aromatic carbocycles. The highest BCUT2D eigenvalue weighted by atomic mass is 19.4. The van der Waals surface area contributed by atoms with E-state index in [0.29, 0.717) is 29.8 Å². The van der Waals surface area contributed by atoms with Crippen LogP contribution in [0.25, 0.3) is 0 Å². The van der Waals surface area contributed by atoms with Crippen LogP contribution in [-0.4, -0.2) is 15.0 Å². The van der Waals surface area contributed by atoms with Gasteiger partial charge >= 0.3 is 6.18 Å². The maximum absolute atomic E-state index is 12.6. The zero-order valence-corrected chi connectivity index (χ0v) is 13.9. The quantitative estimate of drug-likeness (QED) is 0.699. The smallest absolute Gasteiger partial charge is 0.350 e. The molecule has 0 aliphatic carbocycles. The summed E-state index contributed by atoms with van der Waals surface area (Å²) in [5, 5.41) is 6.08. The molecule has 0 amide bonds. The standard InChI is InChI=1S/C18H16F3N5/c1-12-23-16(26-17(24-12)25-15-5-3-2-4-6-15)22-11-13-7-9-14(10-8-13)18(19,20)21/h2-10H,11H2,1H3,(H2,22,23,24,25,26). The second-order valence-electron chi connectivity index (χ2n) is 5.57. The van der Waals surface area contributed by atoms with Crippen LogP contribution in [0.1, 0.15) is 17.0 Å². The third-order valence-electron chi connectivity index (χ3n) is 3.51. The van der Waals surface area contributed by atoms with Gasteiger partial charge in [0.25, 0.3) is 0 Å². The van der Waals surface area contributed by atoms with Gasteiger partial charge in [-0.2, -0.15) is 28.1 Å². The van der Waals surface area contributed by atoms with Crippen LogP contribution in [0.15, 0.2) is 54.6 Å². The van der Waals surface area contributed by atoms with Gasteiger partial charge in [0.2, 0.25) is 11.9 Å². The molecule has 3 rings (SSSR count). The molecule has 1 heterocycles. The number of rotatable bonds is 5. The Morgan fingerprint density at radius 3 is 2.15 bits per heavy atom. The fourth-order valence-corrected chi connectivity index (χ4v) is 2.26. The largest absolute Gasteiger partial charge is 0.416 e. The van der Waals surface area contributed by atoms with E-state index >= 15 is 0 Å². The van der Waals surface area contributed by atoms with Gasteiger partial charge in [-0.15, -0.1) is 0 Å². The van der Waals surface area contributed by atoms with Crippen LogP contribution in [0, 0.1) is 6.92 Å². The normalized spacial score (nSPS) is 11.2. The fraction of sp³-hybridized carbons (Fsp3) is 0.167. The summed E-state index contributed by atoms with van der Waals surface area (Å²) in [6, 6.07) is 14.4. The summed E-state index contributed by atoms with van der Waals surface area (Å²) in [4.78, 5) is 12.7. The molecule has 2 N–H and O–H groups in total. The van der Waals surface area contributed by atoms with Crippen molar-refractivity contribution in [2.24, 2.45) is 0 Å². The van der Waals surface area contributed by atoms with Crippen LogP contribution in [-0.2, 0) is 12.7 Å². The van der Waals surface area contributed by atoms with Crippen molar-refractivity contribution in [1.29, 1.82) is 0 Å². The van der Waals surface area contributed by atoms with Crippen molar-refractivity contribution in [3.8, 4) is 0 Å². The van der Waals surface area contributed by atoms with Gasteiger partial charge in [-0.3, -0.25) is 0 Å². The van der Waals surface area contributed by atoms with Crippen LogP contribution in [0.4, 0.5) is 30.8 Å². The van der Waals surface area contributed by atoms with Crippen LogP contribution >= 0.6 is 0 Å². The fourth-order valence-electron chi connectivity index (χ4n) is 2.26. The first-order valence-corrected chi connectivity index (χ1v) is 7.85. The van der Waals surface area contributed by atoms with Gasteiger partial charge < -0.3 is 10.6 Å². The molecule has 1 aromatic heterocycles. The highest BCUT2D eigenvalue weighted by Gasteiger charge is 2.29. The third-order valence-corrected chi connectivity index (χ3v) is 3.51. The molecule has 0 bridgehead atoms. The van der Waals surface area contributed by atoms with E-state index in [9.17, 15) is 13.2 Å². The summed E-state index contributed by atoms with van der Waals surface area (Å²) in [5.41, 5.74) is 0.854. The first kappa shape index (κ1) is 17.7. The number of benzene rings is 2. The van der Waals surface area contributed by atoms with Crippen molar-refractivity contribution in [2.75, 3.05) is 10.6 Å². The van der Waals surface area contributed by atoms with Crippen LogP contribution in [0.3, 0.4) is 0 Å². The molecule has 0 saturated carbocycles. The molecule has 0 atom stereocenters. The molecule has 0 saturated heterocycles. The lowest BCUT2D eigenvalue weighted by Crippen LogP contribution is -2.09. The zero-order valence-electron chi connectivity index (χ0n) is 13.9. The van der Waals surface area contributed by atoms with E-state index in [2.05, 4.69) is 25.6 Å². The third kappa shape index (κ3) is 4.69. The molecule has 0 spiro atoms. The minimum absolute atomic E-state index is 0.298. The summed E-state index contributed by atoms with van der Waals surface area (Å²) >= 11 is 0. The number of aryl methyl sites for hydroxylation is 1. The number of para-hydroxylation sites is 1. The van der Waals surface area contributed by atoms with E-state index in [1.54, 1.807) is 6.92 Å². The Morgan fingerprint density at radius 1 is 0.846 bits per heavy atom. The number of nitrogens with zero attached hydrogens (tertiary/aromatic N) is 3. The molecule has 3 aromatic rings. The van der Waals surface area contributed by atoms with Gasteiger partial charge in [-0.25, -0.2) is 0 Å². The summed E-state index contributed by atoms with van der Waals surface area (Å²) in [5.74, 6) is 1.25. The molecule has 134 valence electrons. The van der Waals surface area contributed by atoms with E-state index in [0.717, 1.165) is 17.8 Å². The predicted molar refractivity (Wildman–Crippen MR) is 93.1 cm³/mol. The number of hydrogen-bond acceptors (Lipinski definition) is 5. The first-order chi connectivity index (χ1) is 12.4. The second-order valence-corrected chi connectivity index (χ2v) is 5.57. The van der Waals surface area contributed by atoms with Gasteiger partial charge in [-0.05, 0) is 36.8 Å². The van der Waals surface area contributed by atoms with E-state index in [1.165, 1.54) is 12.1 Å². The molecular weight excluding hydrogens is 343 g/mol. The molecular formula is C18H16F3N5. The SMILES string of the molecule is Cc1nc(NCc2ccc(C(F)(F)F)cc2)nc(Nc2ccccc2)n1. The predicted octanol–water partition coefficient (Wildman–Crippen LogP) is 4.55. The van der Waals surface area contributed by atoms with Crippen LogP contribution in [0.2, 0.25) is 0 Å². The van der Waals surface area contributed by atoms with Crippen molar-refractivity contribution >= 4 is 17.6 Å². The summed E-state index contributed by atoms with van der Waals surface area (Å²) in [6.45, 7) is 2.04. The van der Waals surface area contributed by atoms with Crippen molar-refractivity contribution in [3.05, 3.63) is 71.5 Å². The monoisotopic (exact) mass is 359 g/mol. The van der Waals surface area contributed by atoms with Gasteiger partial charge in [0.05, 0.1) is 5.56 Å². The van der Waals surface area contributed by atoms with Gasteiger partial charge in [-0.1, -0.05) is 30.3 Å². The van der Waals surface area contributed by atoms with Crippen molar-refractivity contribution < 1.29 is 13.2 Å². The van der Waals surface area contributed by atoms with Gasteiger partial charge in [0.15, 0.2) is 0 Å². The average Bonchev–Trinajstić information content (AvgIpc) is 2.60. The van der Waals surface area contributed by atoms with Gasteiger partial charge in [0.1, 0.15) is 5.82 Å². The molecule has 0 fully saturated rings. The van der Waals surface area contributed by atoms with Crippen molar-refractivity contribution in [2.45, 2.75) is 19.6 Å². The Hall–Kier alpha value is -3.16. The lowest BCUT2D eigenvalue weighted by Gasteiger charge is -2.10. The molecule has 0 aliphatic heterocycles. The number of hydrogen-bond donors (Lipinski definition) is 2. The molecule has 0 radical (unpaired) electrons. The minimum Gasteiger partial charge on any atom is -0.350 e. The first-order valence-electron chi connectivity index (χ1n) is 7.85. The Balaban J connectivity index is 1.68.